The molecule has 0 radical (unpaired) electrons. The molecule has 1 heterocycles. The predicted octanol–water partition coefficient (Wildman–Crippen LogP) is 4.54. The van der Waals surface area contributed by atoms with Crippen LogP contribution in [-0.4, -0.2) is 36.3 Å². The van der Waals surface area contributed by atoms with E-state index in [1.807, 2.05) is 12.1 Å². The Morgan fingerprint density at radius 1 is 1.14 bits per heavy atom. The van der Waals surface area contributed by atoms with Gasteiger partial charge in [-0.3, -0.25) is 4.90 Å². The molecule has 4 nitrogen and oxygen atoms in total. The van der Waals surface area contributed by atoms with Gasteiger partial charge in [0.05, 0.1) is 13.2 Å². The first kappa shape index (κ1) is 20.2. The summed E-state index contributed by atoms with van der Waals surface area (Å²) in [6.07, 6.45) is 5.29. The van der Waals surface area contributed by atoms with Gasteiger partial charge >= 0.3 is 0 Å². The molecule has 4 rings (SSSR count). The van der Waals surface area contributed by atoms with Crippen LogP contribution in [-0.2, 0) is 13.2 Å². The zero-order chi connectivity index (χ0) is 20.3. The fourth-order valence-electron chi connectivity index (χ4n) is 4.95. The number of aliphatic hydroxyl groups excluding tert-OH is 1. The molecule has 0 amide bonds. The van der Waals surface area contributed by atoms with Gasteiger partial charge in [-0.25, -0.2) is 4.39 Å². The Morgan fingerprint density at radius 3 is 2.72 bits per heavy atom. The summed E-state index contributed by atoms with van der Waals surface area (Å²) in [5, 5.41) is 10.5. The minimum absolute atomic E-state index is 0.0783. The average molecular weight is 400 g/mol. The normalized spacial score (nSPS) is 24.7. The maximum atomic E-state index is 13.9. The quantitative estimate of drug-likeness (QED) is 0.774. The van der Waals surface area contributed by atoms with Gasteiger partial charge in [0.1, 0.15) is 12.4 Å². The summed E-state index contributed by atoms with van der Waals surface area (Å²) in [4.78, 5) is 2.44. The third-order valence-corrected chi connectivity index (χ3v) is 6.52. The number of hydrogen-bond donors (Lipinski definition) is 1. The first-order chi connectivity index (χ1) is 14.1. The van der Waals surface area contributed by atoms with E-state index in [2.05, 4.69) is 11.0 Å². The molecule has 1 aliphatic heterocycles. The standard InChI is InChI=1S/C24H30FNO3/c1-28-21-10-9-18(14-22(21)29-16-19-6-2-3-7-20(19)25)15-26-13-5-12-24(17-26)11-4-8-23(24)27/h2-3,6-7,9-10,14,23,27H,4-5,8,11-13,15-17H2,1H3/t23-,24-/m1/s1. The van der Waals surface area contributed by atoms with Gasteiger partial charge in [-0.05, 0) is 56.0 Å². The molecule has 2 aromatic carbocycles. The van der Waals surface area contributed by atoms with Crippen molar-refractivity contribution in [2.75, 3.05) is 20.2 Å². The molecule has 2 atom stereocenters. The number of piperidine rings is 1. The molecule has 0 bridgehead atoms. The monoisotopic (exact) mass is 399 g/mol. The predicted molar refractivity (Wildman–Crippen MR) is 111 cm³/mol. The van der Waals surface area contributed by atoms with Crippen molar-refractivity contribution >= 4 is 0 Å². The highest BCUT2D eigenvalue weighted by Gasteiger charge is 2.44. The van der Waals surface area contributed by atoms with Crippen molar-refractivity contribution in [1.29, 1.82) is 0 Å². The van der Waals surface area contributed by atoms with Crippen molar-refractivity contribution < 1.29 is 19.0 Å². The Labute approximate surface area is 172 Å². The Morgan fingerprint density at radius 2 is 1.97 bits per heavy atom. The van der Waals surface area contributed by atoms with Crippen LogP contribution < -0.4 is 9.47 Å². The van der Waals surface area contributed by atoms with Crippen LogP contribution in [0.4, 0.5) is 4.39 Å². The van der Waals surface area contributed by atoms with Gasteiger partial charge in [0.2, 0.25) is 0 Å². The van der Waals surface area contributed by atoms with Crippen LogP contribution in [0.5, 0.6) is 11.5 Å². The Hall–Kier alpha value is -2.11. The molecule has 1 N–H and O–H groups in total. The zero-order valence-corrected chi connectivity index (χ0v) is 17.1. The topological polar surface area (TPSA) is 41.9 Å². The number of halogens is 1. The first-order valence-electron chi connectivity index (χ1n) is 10.5. The van der Waals surface area contributed by atoms with E-state index in [9.17, 15) is 9.50 Å². The van der Waals surface area contributed by atoms with E-state index in [4.69, 9.17) is 9.47 Å². The maximum Gasteiger partial charge on any atom is 0.161 e. The lowest BCUT2D eigenvalue weighted by Gasteiger charge is -2.42. The van der Waals surface area contributed by atoms with E-state index in [1.54, 1.807) is 25.3 Å². The largest absolute Gasteiger partial charge is 0.493 e. The number of ether oxygens (including phenoxy) is 2. The van der Waals surface area contributed by atoms with Crippen LogP contribution >= 0.6 is 0 Å². The molecule has 0 unspecified atom stereocenters. The van der Waals surface area contributed by atoms with Crippen molar-refractivity contribution in [2.24, 2.45) is 5.41 Å². The smallest absolute Gasteiger partial charge is 0.161 e. The zero-order valence-electron chi connectivity index (χ0n) is 17.1. The van der Waals surface area contributed by atoms with E-state index < -0.39 is 0 Å². The van der Waals surface area contributed by atoms with Crippen LogP contribution in [0.1, 0.15) is 43.2 Å². The Bertz CT molecular complexity index is 843. The summed E-state index contributed by atoms with van der Waals surface area (Å²) in [6, 6.07) is 12.6. The molecule has 29 heavy (non-hydrogen) atoms. The van der Waals surface area contributed by atoms with Crippen molar-refractivity contribution in [3.8, 4) is 11.5 Å². The minimum Gasteiger partial charge on any atom is -0.493 e. The summed E-state index contributed by atoms with van der Waals surface area (Å²) in [7, 11) is 1.61. The van der Waals surface area contributed by atoms with E-state index >= 15 is 0 Å². The lowest BCUT2D eigenvalue weighted by molar-refractivity contribution is -0.0120. The molecule has 156 valence electrons. The highest BCUT2D eigenvalue weighted by Crippen LogP contribution is 2.45. The summed E-state index contributed by atoms with van der Waals surface area (Å²) in [6.45, 7) is 2.97. The summed E-state index contributed by atoms with van der Waals surface area (Å²) < 4.78 is 25.2. The third-order valence-electron chi connectivity index (χ3n) is 6.52. The molecule has 2 aliphatic rings. The molecule has 1 saturated carbocycles. The van der Waals surface area contributed by atoms with Gasteiger partial charge < -0.3 is 14.6 Å². The summed E-state index contributed by atoms with van der Waals surface area (Å²) >= 11 is 0. The Kier molecular flexibility index (Phi) is 6.07. The number of hydrogen-bond acceptors (Lipinski definition) is 4. The van der Waals surface area contributed by atoms with Gasteiger partial charge in [0, 0.05) is 24.1 Å². The second-order valence-electron chi connectivity index (χ2n) is 8.45. The number of likely N-dealkylation sites (tertiary alicyclic amines) is 1. The van der Waals surface area contributed by atoms with E-state index in [0.29, 0.717) is 17.1 Å². The molecule has 1 spiro atoms. The molecule has 1 aliphatic carbocycles. The summed E-state index contributed by atoms with van der Waals surface area (Å²) in [5.41, 5.74) is 1.74. The highest BCUT2D eigenvalue weighted by molar-refractivity contribution is 5.43. The van der Waals surface area contributed by atoms with Gasteiger partial charge in [0.15, 0.2) is 11.5 Å². The van der Waals surface area contributed by atoms with Crippen LogP contribution in [0.25, 0.3) is 0 Å². The van der Waals surface area contributed by atoms with Gasteiger partial charge in [-0.2, -0.15) is 0 Å². The number of rotatable bonds is 6. The molecular weight excluding hydrogens is 369 g/mol. The third kappa shape index (κ3) is 4.41. The van der Waals surface area contributed by atoms with Crippen molar-refractivity contribution in [3.05, 3.63) is 59.4 Å². The van der Waals surface area contributed by atoms with E-state index in [1.165, 1.54) is 6.07 Å². The fourth-order valence-corrected chi connectivity index (χ4v) is 4.95. The highest BCUT2D eigenvalue weighted by atomic mass is 19.1. The molecule has 2 aromatic rings. The van der Waals surface area contributed by atoms with Crippen LogP contribution in [0, 0.1) is 11.2 Å². The van der Waals surface area contributed by atoms with Crippen LogP contribution in [0.2, 0.25) is 0 Å². The number of nitrogens with zero attached hydrogens (tertiary/aromatic N) is 1. The molecule has 1 saturated heterocycles. The molecule has 5 heteroatoms. The van der Waals surface area contributed by atoms with E-state index in [0.717, 1.165) is 57.3 Å². The molecule has 0 aromatic heterocycles. The first-order valence-corrected chi connectivity index (χ1v) is 10.5. The Balaban J connectivity index is 1.45. The van der Waals surface area contributed by atoms with Crippen molar-refractivity contribution in [2.45, 2.75) is 51.4 Å². The van der Waals surface area contributed by atoms with E-state index in [-0.39, 0.29) is 23.9 Å². The molecule has 2 fully saturated rings. The number of benzene rings is 2. The van der Waals surface area contributed by atoms with Gasteiger partial charge in [-0.1, -0.05) is 30.7 Å². The lowest BCUT2D eigenvalue weighted by atomic mass is 9.76. The van der Waals surface area contributed by atoms with Crippen molar-refractivity contribution in [3.63, 3.8) is 0 Å². The van der Waals surface area contributed by atoms with Gasteiger partial charge in [-0.15, -0.1) is 0 Å². The van der Waals surface area contributed by atoms with Crippen LogP contribution in [0.15, 0.2) is 42.5 Å². The minimum atomic E-state index is -0.267. The second kappa shape index (κ2) is 8.72. The maximum absolute atomic E-state index is 13.9. The van der Waals surface area contributed by atoms with Gasteiger partial charge in [0.25, 0.3) is 0 Å². The molecular formula is C24H30FNO3. The summed E-state index contributed by atoms with van der Waals surface area (Å²) in [5.74, 6) is 1.00. The number of aliphatic hydroxyl groups is 1. The fraction of sp³-hybridized carbons (Fsp3) is 0.500. The SMILES string of the molecule is COc1ccc(CN2CCC[C@]3(CCC[C@H]3O)C2)cc1OCc1ccccc1F. The average Bonchev–Trinajstić information content (AvgIpc) is 3.07. The van der Waals surface area contributed by atoms with Crippen LogP contribution in [0.3, 0.4) is 0 Å². The second-order valence-corrected chi connectivity index (χ2v) is 8.45. The lowest BCUT2D eigenvalue weighted by Crippen LogP contribution is -2.46. The van der Waals surface area contributed by atoms with Crippen molar-refractivity contribution in [1.82, 2.24) is 4.90 Å². The number of methoxy groups -OCH3 is 1.